The van der Waals surface area contributed by atoms with Gasteiger partial charge in [0.25, 0.3) is 0 Å². The second-order valence-corrected chi connectivity index (χ2v) is 23.6. The number of para-hydroxylation sites is 3. The summed E-state index contributed by atoms with van der Waals surface area (Å²) in [6, 6.07) is 136. The van der Waals surface area contributed by atoms with Gasteiger partial charge in [0.15, 0.2) is 5.65 Å². The minimum Gasteiger partial charge on any atom is -0.265 e. The number of benzene rings is 15. The van der Waals surface area contributed by atoms with E-state index in [1.54, 1.807) is 37.2 Å². The predicted molar refractivity (Wildman–Crippen MR) is 668 cm³/mol. The van der Waals surface area contributed by atoms with Crippen molar-refractivity contribution >= 4 is 108 Å². The Morgan fingerprint density at radius 1 is 0.118 bits per heavy atom. The molecule has 7 nitrogen and oxygen atoms in total. The maximum absolute atomic E-state index is 4.18. The van der Waals surface area contributed by atoms with Gasteiger partial charge in [0.1, 0.15) is 0 Å². The molecule has 0 fully saturated rings. The van der Waals surface area contributed by atoms with Crippen LogP contribution in [-0.2, 0) is 0 Å². The normalized spacial score (nSPS) is 8.14. The zero-order valence-electron chi connectivity index (χ0n) is 97.4. The first-order valence-electron chi connectivity index (χ1n) is 54.5. The third-order valence-corrected chi connectivity index (χ3v) is 16.6. The van der Waals surface area contributed by atoms with E-state index in [4.69, 9.17) is 0 Å². The zero-order chi connectivity index (χ0) is 111. The number of hydrogen-bond acceptors (Lipinski definition) is 7. The lowest BCUT2D eigenvalue weighted by Crippen LogP contribution is -1.82. The van der Waals surface area contributed by atoms with Gasteiger partial charge in [-0.25, -0.2) is 9.97 Å². The van der Waals surface area contributed by atoms with Gasteiger partial charge in [0.2, 0.25) is 0 Å². The number of nitrogens with zero attached hydrogens (tertiary/aromatic N) is 7. The van der Waals surface area contributed by atoms with Crippen molar-refractivity contribution in [1.82, 2.24) is 34.9 Å². The molecule has 144 heavy (non-hydrogen) atoms. The Hall–Kier alpha value is -14.0. The highest BCUT2D eigenvalue weighted by molar-refractivity contribution is 6.23. The van der Waals surface area contributed by atoms with Gasteiger partial charge in [-0.15, -0.1) is 0 Å². The van der Waals surface area contributed by atoms with Crippen LogP contribution >= 0.6 is 0 Å². The first-order valence-corrected chi connectivity index (χ1v) is 54.5. The summed E-state index contributed by atoms with van der Waals surface area (Å²) in [6.07, 6.45) is 15.9. The minimum atomic E-state index is 0.810. The third kappa shape index (κ3) is 63.0. The molecule has 0 amide bonds. The van der Waals surface area contributed by atoms with Crippen LogP contribution in [0.3, 0.4) is 0 Å². The van der Waals surface area contributed by atoms with Crippen molar-refractivity contribution in [3.63, 3.8) is 0 Å². The monoisotopic (exact) mass is 1940 g/mol. The highest BCUT2D eigenvalue weighted by Gasteiger charge is 2.07. The van der Waals surface area contributed by atoms with E-state index in [0.29, 0.717) is 0 Å². The maximum atomic E-state index is 4.18. The van der Waals surface area contributed by atoms with Gasteiger partial charge in [-0.05, 0) is 153 Å². The van der Waals surface area contributed by atoms with Gasteiger partial charge >= 0.3 is 0 Å². The smallest absolute Gasteiger partial charge is 0.159 e. The predicted octanol–water partition coefficient (Wildman–Crippen LogP) is 45.8. The van der Waals surface area contributed by atoms with Gasteiger partial charge in [-0.2, -0.15) is 0 Å². The van der Waals surface area contributed by atoms with Crippen molar-refractivity contribution in [3.05, 3.63) is 456 Å². The molecule has 0 aliphatic heterocycles. The molecule has 0 N–H and O–H groups in total. The second-order valence-electron chi connectivity index (χ2n) is 23.6. The molecule has 0 radical (unpaired) electrons. The molecule has 0 saturated carbocycles. The first kappa shape index (κ1) is 148. The molecule has 0 aliphatic carbocycles. The van der Waals surface area contributed by atoms with Crippen LogP contribution < -0.4 is 0 Å². The fraction of sp³-hybridized carbons (Fsp3) is 0.292. The quantitative estimate of drug-likeness (QED) is 0.151. The van der Waals surface area contributed by atoms with E-state index in [-0.39, 0.29) is 0 Å². The minimum absolute atomic E-state index is 0.810. The summed E-state index contributed by atoms with van der Waals surface area (Å²) in [4.78, 5) is 28.4. The van der Waals surface area contributed by atoms with Crippen LogP contribution in [0, 0.1) is 0 Å². The average Bonchev–Trinajstić information content (AvgIpc) is 0.748. The van der Waals surface area contributed by atoms with Crippen molar-refractivity contribution in [2.45, 2.75) is 277 Å². The molecule has 15 aromatic carbocycles. The molecule has 0 bridgehead atoms. The molecular formula is C137H195N7. The van der Waals surface area contributed by atoms with Gasteiger partial charge in [-0.1, -0.05) is 611 Å². The molecule has 0 atom stereocenters. The van der Waals surface area contributed by atoms with Gasteiger partial charge in [0.05, 0.1) is 16.6 Å². The topological polar surface area (TPSA) is 90.2 Å². The molecule has 0 saturated heterocycles. The largest absolute Gasteiger partial charge is 0.265 e. The summed E-state index contributed by atoms with van der Waals surface area (Å²) in [6.45, 7) is 80.0. The molecule has 21 aromatic rings. The zero-order valence-corrected chi connectivity index (χ0v) is 97.4. The molecule has 0 aliphatic rings. The van der Waals surface area contributed by atoms with E-state index in [9.17, 15) is 0 Å². The maximum Gasteiger partial charge on any atom is 0.159 e. The Labute approximate surface area is 881 Å². The third-order valence-electron chi connectivity index (χ3n) is 16.6. The van der Waals surface area contributed by atoms with Crippen molar-refractivity contribution in [2.24, 2.45) is 0 Å². The van der Waals surface area contributed by atoms with E-state index in [1.807, 2.05) is 453 Å². The van der Waals surface area contributed by atoms with Crippen LogP contribution in [0.25, 0.3) is 120 Å². The van der Waals surface area contributed by atoms with Crippen LogP contribution in [0.1, 0.15) is 277 Å². The molecule has 21 rings (SSSR count). The van der Waals surface area contributed by atoms with Gasteiger partial charge < -0.3 is 0 Å². The lowest BCUT2D eigenvalue weighted by atomic mass is 9.95. The highest BCUT2D eigenvalue weighted by Crippen LogP contribution is 2.34. The van der Waals surface area contributed by atoms with Crippen molar-refractivity contribution in [2.75, 3.05) is 0 Å². The van der Waals surface area contributed by atoms with Crippen LogP contribution in [0.4, 0.5) is 0 Å². The standard InChI is InChI=1S/C16H10.C14H10.C12H10.C10H8.2C9H7N.2C8H6N2.C6H6.C5H5N.20C2H6/c1-3-11-7-9-13-5-2-6-14-10-8-12(4-1)15(11)16(13)14;1-3-7-13-11(5-1)9-10-12-6-2-4-8-14(12)13;1-3-7-11(8-4-1)12-9-5-2-6-10-12;1-2-6-10-8-4-3-7-9(10)5-1;1-2-6-9-8(4-1)5-3-7-10-9;1-2-4-9-7-10-6-5-8(9)3-1;1-3-7-4-2-6-10-8(7)9-5-1;1-2-4-8-7(3-1)9-5-6-10-8;2*1-2-4-6-5-3-1;20*1-2/h1-10H;1-10H;1-10H;1-8H;2*1-7H;2*1-6H;1-6H;1-5H;20*1-2H3. The lowest BCUT2D eigenvalue weighted by molar-refractivity contribution is 1.29. The Balaban J connectivity index is -0.000000194. The van der Waals surface area contributed by atoms with E-state index < -0.39 is 0 Å². The first-order chi connectivity index (χ1) is 71.7. The van der Waals surface area contributed by atoms with Crippen molar-refractivity contribution < 1.29 is 0 Å². The Morgan fingerprint density at radius 3 is 0.632 bits per heavy atom. The average molecular weight is 1940 g/mol. The Bertz CT molecular complexity index is 4980. The van der Waals surface area contributed by atoms with Crippen molar-refractivity contribution in [3.8, 4) is 11.1 Å². The lowest BCUT2D eigenvalue weighted by Gasteiger charge is -2.09. The molecule has 778 valence electrons. The van der Waals surface area contributed by atoms with Crippen LogP contribution in [0.5, 0.6) is 0 Å². The summed E-state index contributed by atoms with van der Waals surface area (Å²) in [5, 5.41) is 20.8. The molecule has 7 heteroatoms. The number of fused-ring (bicyclic) bond motifs is 8. The van der Waals surface area contributed by atoms with E-state index in [0.717, 1.165) is 27.6 Å². The Morgan fingerprint density at radius 2 is 0.340 bits per heavy atom. The summed E-state index contributed by atoms with van der Waals surface area (Å²) < 4.78 is 0. The summed E-state index contributed by atoms with van der Waals surface area (Å²) in [5.41, 5.74) is 6.32. The molecular weight excluding hydrogens is 1740 g/mol. The second kappa shape index (κ2) is 118. The fourth-order valence-corrected chi connectivity index (χ4v) is 11.6. The van der Waals surface area contributed by atoms with Crippen LogP contribution in [0.2, 0.25) is 0 Å². The summed E-state index contributed by atoms with van der Waals surface area (Å²) in [7, 11) is 0. The van der Waals surface area contributed by atoms with Crippen LogP contribution in [0.15, 0.2) is 456 Å². The van der Waals surface area contributed by atoms with E-state index in [1.165, 1.54) is 91.9 Å². The molecule has 6 aromatic heterocycles. The fourth-order valence-electron chi connectivity index (χ4n) is 11.6. The Kier molecular flexibility index (Phi) is 121. The molecule has 0 unspecified atom stereocenters. The molecule has 0 spiro atoms. The summed E-state index contributed by atoms with van der Waals surface area (Å²) in [5.74, 6) is 0. The van der Waals surface area contributed by atoms with E-state index >= 15 is 0 Å². The van der Waals surface area contributed by atoms with E-state index in [2.05, 4.69) is 278 Å². The number of aromatic nitrogens is 7. The summed E-state index contributed by atoms with van der Waals surface area (Å²) >= 11 is 0. The SMILES string of the molecule is CC.CC.CC.CC.CC.CC.CC.CC.CC.CC.CC.CC.CC.CC.CC.CC.CC.CC.CC.CC.c1cc2ccc3cccc4ccc(c1)c2c34.c1ccc(-c2ccccc2)cc1.c1ccc2c(c1)ccc1ccccc12.c1ccc2ccccc2c1.c1ccc2cnccc2c1.c1ccc2ncccc2c1.c1ccc2nccnc2c1.c1ccccc1.c1ccncc1.c1cnc2ncccc2c1. The van der Waals surface area contributed by atoms with Gasteiger partial charge in [0, 0.05) is 66.5 Å². The number of hydrogen-bond donors (Lipinski definition) is 0. The van der Waals surface area contributed by atoms with Gasteiger partial charge in [-0.3, -0.25) is 24.9 Å². The number of rotatable bonds is 1. The molecule has 6 heterocycles. The number of pyridine rings is 5. The highest BCUT2D eigenvalue weighted by atomic mass is 14.8. The van der Waals surface area contributed by atoms with Crippen molar-refractivity contribution in [1.29, 1.82) is 0 Å². The van der Waals surface area contributed by atoms with Crippen LogP contribution in [-0.4, -0.2) is 34.9 Å².